The predicted molar refractivity (Wildman–Crippen MR) is 57.9 cm³/mol. The molecule has 12 heavy (non-hydrogen) atoms. The molecule has 0 aliphatic carbocycles. The van der Waals surface area contributed by atoms with Crippen molar-refractivity contribution in [3.63, 3.8) is 0 Å². The van der Waals surface area contributed by atoms with E-state index in [2.05, 4.69) is 20.8 Å². The molecule has 3 heteroatoms. The molecule has 2 unspecified atom stereocenters. The van der Waals surface area contributed by atoms with Gasteiger partial charge in [-0.25, -0.2) is 0 Å². The third kappa shape index (κ3) is 3.48. The molecule has 1 rings (SSSR count). The van der Waals surface area contributed by atoms with E-state index >= 15 is 0 Å². The highest BCUT2D eigenvalue weighted by atomic mass is 32.2. The molecule has 0 amide bonds. The summed E-state index contributed by atoms with van der Waals surface area (Å²) in [6, 6.07) is 0. The normalized spacial score (nSPS) is 31.9. The van der Waals surface area contributed by atoms with E-state index in [9.17, 15) is 4.21 Å². The summed E-state index contributed by atoms with van der Waals surface area (Å²) in [6.07, 6.45) is 2.22. The highest BCUT2D eigenvalue weighted by molar-refractivity contribution is 8.11. The lowest BCUT2D eigenvalue weighted by atomic mass is 9.93. The highest BCUT2D eigenvalue weighted by Gasteiger charge is 2.26. The van der Waals surface area contributed by atoms with Crippen LogP contribution in [0.4, 0.5) is 0 Å². The third-order valence-corrected chi connectivity index (χ3v) is 5.43. The van der Waals surface area contributed by atoms with E-state index in [0.29, 0.717) is 10.00 Å². The van der Waals surface area contributed by atoms with Crippen molar-refractivity contribution in [3.05, 3.63) is 0 Å². The van der Waals surface area contributed by atoms with Gasteiger partial charge in [-0.2, -0.15) is 0 Å². The summed E-state index contributed by atoms with van der Waals surface area (Å²) in [7, 11) is -0.562. The van der Waals surface area contributed by atoms with Crippen LogP contribution in [0.3, 0.4) is 0 Å². The summed E-state index contributed by atoms with van der Waals surface area (Å²) in [5, 5.41) is 0. The Morgan fingerprint density at radius 3 is 2.67 bits per heavy atom. The second-order valence-electron chi connectivity index (χ2n) is 4.50. The summed E-state index contributed by atoms with van der Waals surface area (Å²) in [5.41, 5.74) is 0.324. The zero-order valence-electron chi connectivity index (χ0n) is 8.13. The lowest BCUT2D eigenvalue weighted by Gasteiger charge is -2.27. The van der Waals surface area contributed by atoms with Crippen LogP contribution in [0.5, 0.6) is 0 Å². The van der Waals surface area contributed by atoms with Crippen molar-refractivity contribution >= 4 is 22.6 Å². The van der Waals surface area contributed by atoms with E-state index in [1.54, 1.807) is 0 Å². The summed E-state index contributed by atoms with van der Waals surface area (Å²) >= 11 is 1.90. The molecule has 2 atom stereocenters. The third-order valence-electron chi connectivity index (χ3n) is 1.87. The molecule has 1 aliphatic rings. The zero-order chi connectivity index (χ0) is 9.19. The van der Waals surface area contributed by atoms with Crippen LogP contribution in [0.25, 0.3) is 0 Å². The Morgan fingerprint density at radius 1 is 1.50 bits per heavy atom. The van der Waals surface area contributed by atoms with Crippen molar-refractivity contribution in [1.82, 2.24) is 0 Å². The van der Waals surface area contributed by atoms with Crippen LogP contribution in [0.1, 0.15) is 33.6 Å². The quantitative estimate of drug-likeness (QED) is 0.656. The second kappa shape index (κ2) is 4.14. The molecule has 72 valence electrons. The van der Waals surface area contributed by atoms with Gasteiger partial charge in [-0.15, -0.1) is 11.8 Å². The van der Waals surface area contributed by atoms with Crippen LogP contribution < -0.4 is 0 Å². The van der Waals surface area contributed by atoms with Gasteiger partial charge in [-0.1, -0.05) is 20.8 Å². The van der Waals surface area contributed by atoms with Gasteiger partial charge in [-0.3, -0.25) is 4.21 Å². The molecule has 0 bridgehead atoms. The van der Waals surface area contributed by atoms with E-state index in [-0.39, 0.29) is 0 Å². The van der Waals surface area contributed by atoms with Crippen LogP contribution in [0.15, 0.2) is 0 Å². The molecule has 1 aliphatic heterocycles. The minimum absolute atomic E-state index is 0.324. The van der Waals surface area contributed by atoms with Gasteiger partial charge in [0.05, 0.1) is 4.58 Å². The molecule has 1 saturated heterocycles. The first-order valence-electron chi connectivity index (χ1n) is 4.48. The van der Waals surface area contributed by atoms with Crippen LogP contribution in [-0.4, -0.2) is 20.3 Å². The van der Waals surface area contributed by atoms with Gasteiger partial charge in [0.1, 0.15) is 0 Å². The lowest BCUT2D eigenvalue weighted by molar-refractivity contribution is 0.392. The summed E-state index contributed by atoms with van der Waals surface area (Å²) in [6.45, 7) is 6.66. The average Bonchev–Trinajstić information content (AvgIpc) is 1.91. The van der Waals surface area contributed by atoms with Crippen molar-refractivity contribution in [3.8, 4) is 0 Å². The molecule has 0 spiro atoms. The van der Waals surface area contributed by atoms with Crippen LogP contribution >= 0.6 is 11.8 Å². The lowest BCUT2D eigenvalue weighted by Crippen LogP contribution is -2.25. The van der Waals surface area contributed by atoms with Crippen LogP contribution in [0.2, 0.25) is 0 Å². The molecule has 0 N–H and O–H groups in total. The van der Waals surface area contributed by atoms with Gasteiger partial charge in [-0.05, 0) is 24.0 Å². The van der Waals surface area contributed by atoms with Crippen molar-refractivity contribution < 1.29 is 4.21 Å². The molecular formula is C9H18OS2. The number of thioether (sulfide) groups is 1. The van der Waals surface area contributed by atoms with E-state index in [1.807, 2.05) is 11.8 Å². The maximum atomic E-state index is 11.6. The smallest absolute Gasteiger partial charge is 0.0806 e. The molecular weight excluding hydrogens is 188 g/mol. The Labute approximate surface area is 82.2 Å². The maximum absolute atomic E-state index is 11.6. The molecule has 1 nitrogen and oxygen atoms in total. The Hall–Kier alpha value is 0.500. The first-order chi connectivity index (χ1) is 5.49. The monoisotopic (exact) mass is 206 g/mol. The van der Waals surface area contributed by atoms with Crippen molar-refractivity contribution in [1.29, 1.82) is 0 Å². The molecule has 0 radical (unpaired) electrons. The van der Waals surface area contributed by atoms with E-state index in [0.717, 1.165) is 18.6 Å². The largest absolute Gasteiger partial charge is 0.258 e. The van der Waals surface area contributed by atoms with Gasteiger partial charge in [0.15, 0.2) is 0 Å². The topological polar surface area (TPSA) is 17.1 Å². The van der Waals surface area contributed by atoms with Gasteiger partial charge >= 0.3 is 0 Å². The van der Waals surface area contributed by atoms with E-state index < -0.39 is 10.8 Å². The van der Waals surface area contributed by atoms with Crippen LogP contribution in [-0.2, 0) is 10.8 Å². The van der Waals surface area contributed by atoms with Gasteiger partial charge < -0.3 is 0 Å². The fraction of sp³-hybridized carbons (Fsp3) is 1.00. The van der Waals surface area contributed by atoms with Crippen molar-refractivity contribution in [2.45, 2.75) is 38.2 Å². The number of hydrogen-bond acceptors (Lipinski definition) is 2. The maximum Gasteiger partial charge on any atom is 0.0806 e. The molecule has 0 aromatic rings. The number of rotatable bonds is 1. The zero-order valence-corrected chi connectivity index (χ0v) is 9.76. The minimum atomic E-state index is -0.562. The fourth-order valence-corrected chi connectivity index (χ4v) is 5.21. The fourth-order valence-electron chi connectivity index (χ4n) is 1.28. The van der Waals surface area contributed by atoms with Crippen LogP contribution in [0, 0.1) is 5.41 Å². The molecule has 0 aromatic heterocycles. The van der Waals surface area contributed by atoms with Gasteiger partial charge in [0.25, 0.3) is 0 Å². The molecule has 1 fully saturated rings. The first kappa shape index (κ1) is 10.6. The summed E-state index contributed by atoms with van der Waals surface area (Å²) in [5.74, 6) is 2.13. The minimum Gasteiger partial charge on any atom is -0.258 e. The molecule has 0 aromatic carbocycles. The molecule has 1 heterocycles. The summed E-state index contributed by atoms with van der Waals surface area (Å²) in [4.78, 5) is 0. The molecule has 0 saturated carbocycles. The van der Waals surface area contributed by atoms with Crippen molar-refractivity contribution in [2.24, 2.45) is 5.41 Å². The Balaban J connectivity index is 2.45. The Bertz CT molecular complexity index is 172. The number of hydrogen-bond donors (Lipinski definition) is 0. The predicted octanol–water partition coefficient (Wildman–Crippen LogP) is 2.63. The standard InChI is InChI=1S/C9H18OS2/c1-9(2,3)7-8-11-5-4-6-12(8)10/h8H,4-7H2,1-3H3. The highest BCUT2D eigenvalue weighted by Crippen LogP contribution is 2.32. The SMILES string of the molecule is CC(C)(C)CC1SCCCS1=O. The van der Waals surface area contributed by atoms with Gasteiger partial charge in [0.2, 0.25) is 0 Å². The Kier molecular flexibility index (Phi) is 3.65. The first-order valence-corrected chi connectivity index (χ1v) is 6.91. The summed E-state index contributed by atoms with van der Waals surface area (Å²) < 4.78 is 12.0. The van der Waals surface area contributed by atoms with E-state index in [4.69, 9.17) is 0 Å². The van der Waals surface area contributed by atoms with Crippen molar-refractivity contribution in [2.75, 3.05) is 11.5 Å². The van der Waals surface area contributed by atoms with Gasteiger partial charge in [0, 0.05) is 16.6 Å². The van der Waals surface area contributed by atoms with E-state index in [1.165, 1.54) is 5.75 Å². The second-order valence-corrected chi connectivity index (χ2v) is 7.85. The Morgan fingerprint density at radius 2 is 2.17 bits per heavy atom. The average molecular weight is 206 g/mol.